The molecule has 0 fully saturated rings. The SMILES string of the molecule is CCCOc1c(Cl)cc(/C=N/NC(=O)Cc2ccc(C)cc2C)cc1OC. The summed E-state index contributed by atoms with van der Waals surface area (Å²) in [5, 5.41) is 4.45. The Morgan fingerprint density at radius 3 is 2.70 bits per heavy atom. The minimum atomic E-state index is -0.181. The smallest absolute Gasteiger partial charge is 0.244 e. The van der Waals surface area contributed by atoms with Gasteiger partial charge in [-0.1, -0.05) is 42.3 Å². The third kappa shape index (κ3) is 6.00. The number of hydrogen-bond donors (Lipinski definition) is 1. The zero-order valence-corrected chi connectivity index (χ0v) is 16.9. The summed E-state index contributed by atoms with van der Waals surface area (Å²) in [4.78, 5) is 12.1. The van der Waals surface area contributed by atoms with E-state index in [2.05, 4.69) is 16.6 Å². The average molecular weight is 389 g/mol. The number of hydrogen-bond acceptors (Lipinski definition) is 4. The summed E-state index contributed by atoms with van der Waals surface area (Å²) in [5.74, 6) is 0.857. The molecule has 6 heteroatoms. The van der Waals surface area contributed by atoms with Gasteiger partial charge in [0.15, 0.2) is 11.5 Å². The molecule has 0 aliphatic rings. The number of halogens is 1. The van der Waals surface area contributed by atoms with E-state index in [1.54, 1.807) is 19.2 Å². The zero-order valence-electron chi connectivity index (χ0n) is 16.1. The van der Waals surface area contributed by atoms with Gasteiger partial charge in [0, 0.05) is 0 Å². The fourth-order valence-corrected chi connectivity index (χ4v) is 2.87. The fraction of sp³-hybridized carbons (Fsp3) is 0.333. The molecule has 0 radical (unpaired) electrons. The predicted octanol–water partition coefficient (Wildman–Crippen LogP) is 4.45. The number of hydrazone groups is 1. The van der Waals surface area contributed by atoms with Crippen LogP contribution in [0.4, 0.5) is 0 Å². The van der Waals surface area contributed by atoms with Crippen LogP contribution in [0, 0.1) is 13.8 Å². The maximum absolute atomic E-state index is 12.1. The second-order valence-corrected chi connectivity index (χ2v) is 6.69. The Balaban J connectivity index is 2.02. The van der Waals surface area contributed by atoms with E-state index >= 15 is 0 Å². The topological polar surface area (TPSA) is 59.9 Å². The van der Waals surface area contributed by atoms with Crippen LogP contribution in [0.5, 0.6) is 11.5 Å². The van der Waals surface area contributed by atoms with Crippen LogP contribution < -0.4 is 14.9 Å². The van der Waals surface area contributed by atoms with Crippen molar-refractivity contribution in [3.8, 4) is 11.5 Å². The van der Waals surface area contributed by atoms with Gasteiger partial charge in [0.1, 0.15) is 0 Å². The van der Waals surface area contributed by atoms with Gasteiger partial charge < -0.3 is 9.47 Å². The summed E-state index contributed by atoms with van der Waals surface area (Å²) in [6, 6.07) is 9.50. The summed E-state index contributed by atoms with van der Waals surface area (Å²) >= 11 is 6.27. The number of amides is 1. The molecule has 0 saturated heterocycles. The van der Waals surface area contributed by atoms with Crippen molar-refractivity contribution in [3.63, 3.8) is 0 Å². The molecule has 0 spiro atoms. The van der Waals surface area contributed by atoms with Crippen LogP contribution in [0.1, 0.15) is 35.6 Å². The van der Waals surface area contributed by atoms with Crippen LogP contribution >= 0.6 is 11.6 Å². The van der Waals surface area contributed by atoms with Crippen LogP contribution in [0.3, 0.4) is 0 Å². The first-order valence-corrected chi connectivity index (χ1v) is 9.20. The third-order valence-electron chi connectivity index (χ3n) is 3.95. The van der Waals surface area contributed by atoms with E-state index in [4.69, 9.17) is 21.1 Å². The number of rotatable bonds is 8. The second kappa shape index (κ2) is 9.97. The quantitative estimate of drug-likeness (QED) is 0.537. The number of benzene rings is 2. The van der Waals surface area contributed by atoms with Crippen molar-refractivity contribution in [1.82, 2.24) is 5.43 Å². The highest BCUT2D eigenvalue weighted by molar-refractivity contribution is 6.32. The molecule has 27 heavy (non-hydrogen) atoms. The van der Waals surface area contributed by atoms with Gasteiger partial charge in [-0.15, -0.1) is 0 Å². The molecule has 0 atom stereocenters. The fourth-order valence-electron chi connectivity index (χ4n) is 2.59. The average Bonchev–Trinajstić information content (AvgIpc) is 2.63. The van der Waals surface area contributed by atoms with Crippen molar-refractivity contribution in [2.24, 2.45) is 5.10 Å². The number of nitrogens with one attached hydrogen (secondary N) is 1. The Kier molecular flexibility index (Phi) is 7.67. The summed E-state index contributed by atoms with van der Waals surface area (Å²) in [5.41, 5.74) is 6.49. The first-order valence-electron chi connectivity index (χ1n) is 8.83. The number of ether oxygens (including phenoxy) is 2. The highest BCUT2D eigenvalue weighted by atomic mass is 35.5. The summed E-state index contributed by atoms with van der Waals surface area (Å²) < 4.78 is 11.0. The molecule has 0 aromatic heterocycles. The Morgan fingerprint density at radius 2 is 2.04 bits per heavy atom. The Bertz CT molecular complexity index is 834. The lowest BCUT2D eigenvalue weighted by molar-refractivity contribution is -0.120. The summed E-state index contributed by atoms with van der Waals surface area (Å²) in [6.45, 7) is 6.59. The summed E-state index contributed by atoms with van der Waals surface area (Å²) in [7, 11) is 1.55. The van der Waals surface area contributed by atoms with Gasteiger partial charge in [-0.05, 0) is 49.1 Å². The van der Waals surface area contributed by atoms with Gasteiger partial charge in [0.2, 0.25) is 5.91 Å². The second-order valence-electron chi connectivity index (χ2n) is 6.28. The number of aryl methyl sites for hydroxylation is 2. The van der Waals surface area contributed by atoms with E-state index < -0.39 is 0 Å². The molecule has 0 heterocycles. The van der Waals surface area contributed by atoms with E-state index in [1.807, 2.05) is 32.9 Å². The molecule has 1 N–H and O–H groups in total. The molecular formula is C21H25ClN2O3. The minimum Gasteiger partial charge on any atom is -0.493 e. The van der Waals surface area contributed by atoms with Gasteiger partial charge in [-0.2, -0.15) is 5.10 Å². The molecule has 5 nitrogen and oxygen atoms in total. The minimum absolute atomic E-state index is 0.181. The maximum atomic E-state index is 12.1. The van der Waals surface area contributed by atoms with Crippen molar-refractivity contribution in [1.29, 1.82) is 0 Å². The standard InChI is InChI=1S/C21H25ClN2O3/c1-5-8-27-21-18(22)10-16(11-19(21)26-4)13-23-24-20(25)12-17-7-6-14(2)9-15(17)3/h6-7,9-11,13H,5,8,12H2,1-4H3,(H,24,25)/b23-13+. The van der Waals surface area contributed by atoms with Crippen molar-refractivity contribution in [2.45, 2.75) is 33.6 Å². The highest BCUT2D eigenvalue weighted by Crippen LogP contribution is 2.36. The largest absolute Gasteiger partial charge is 0.493 e. The molecule has 2 rings (SSSR count). The predicted molar refractivity (Wildman–Crippen MR) is 109 cm³/mol. The van der Waals surface area contributed by atoms with Crippen LogP contribution in [0.15, 0.2) is 35.4 Å². The lowest BCUT2D eigenvalue weighted by atomic mass is 10.0. The van der Waals surface area contributed by atoms with Gasteiger partial charge in [-0.25, -0.2) is 5.43 Å². The van der Waals surface area contributed by atoms with Crippen LogP contribution in [-0.2, 0) is 11.2 Å². The number of carbonyl (C=O) groups is 1. The first kappa shape index (κ1) is 20.8. The van der Waals surface area contributed by atoms with Crippen LogP contribution in [-0.4, -0.2) is 25.8 Å². The molecule has 0 saturated carbocycles. The van der Waals surface area contributed by atoms with Gasteiger partial charge >= 0.3 is 0 Å². The molecule has 144 valence electrons. The maximum Gasteiger partial charge on any atom is 0.244 e. The van der Waals surface area contributed by atoms with E-state index in [0.29, 0.717) is 28.7 Å². The number of methoxy groups -OCH3 is 1. The third-order valence-corrected chi connectivity index (χ3v) is 4.24. The Morgan fingerprint density at radius 1 is 1.26 bits per heavy atom. The molecule has 2 aromatic rings. The summed E-state index contributed by atoms with van der Waals surface area (Å²) in [6.07, 6.45) is 2.67. The molecular weight excluding hydrogens is 364 g/mol. The van der Waals surface area contributed by atoms with Crippen molar-refractivity contribution < 1.29 is 14.3 Å². The number of carbonyl (C=O) groups excluding carboxylic acids is 1. The normalized spacial score (nSPS) is 10.9. The lowest BCUT2D eigenvalue weighted by Gasteiger charge is -2.12. The van der Waals surface area contributed by atoms with E-state index in [0.717, 1.165) is 17.5 Å². The molecule has 0 aliphatic carbocycles. The van der Waals surface area contributed by atoms with E-state index in [-0.39, 0.29) is 12.3 Å². The zero-order chi connectivity index (χ0) is 19.8. The first-order chi connectivity index (χ1) is 12.9. The number of nitrogens with zero attached hydrogens (tertiary/aromatic N) is 1. The lowest BCUT2D eigenvalue weighted by Crippen LogP contribution is -2.20. The van der Waals surface area contributed by atoms with Gasteiger partial charge in [0.25, 0.3) is 0 Å². The van der Waals surface area contributed by atoms with Gasteiger partial charge in [-0.3, -0.25) is 4.79 Å². The van der Waals surface area contributed by atoms with Crippen LogP contribution in [0.2, 0.25) is 5.02 Å². The van der Waals surface area contributed by atoms with Crippen molar-refractivity contribution in [3.05, 3.63) is 57.6 Å². The molecule has 0 aliphatic heterocycles. The molecule has 2 aromatic carbocycles. The van der Waals surface area contributed by atoms with E-state index in [1.165, 1.54) is 11.8 Å². The highest BCUT2D eigenvalue weighted by Gasteiger charge is 2.11. The molecule has 1 amide bonds. The Labute approximate surface area is 165 Å². The Hall–Kier alpha value is -2.53. The van der Waals surface area contributed by atoms with Crippen molar-refractivity contribution >= 4 is 23.7 Å². The van der Waals surface area contributed by atoms with Crippen LogP contribution in [0.25, 0.3) is 0 Å². The van der Waals surface area contributed by atoms with E-state index in [9.17, 15) is 4.79 Å². The van der Waals surface area contributed by atoms with Gasteiger partial charge in [0.05, 0.1) is 31.4 Å². The molecule has 0 bridgehead atoms. The monoisotopic (exact) mass is 388 g/mol. The van der Waals surface area contributed by atoms with Crippen molar-refractivity contribution in [2.75, 3.05) is 13.7 Å². The molecule has 0 unspecified atom stereocenters.